The Balaban J connectivity index is 0.00000220. The van der Waals surface area contributed by atoms with Crippen LogP contribution in [0.15, 0.2) is 15.9 Å². The number of carbonyl (C=O) groups excluding carboxylic acids is 1. The van der Waals surface area contributed by atoms with Crippen molar-refractivity contribution in [3.05, 3.63) is 20.8 Å². The summed E-state index contributed by atoms with van der Waals surface area (Å²) in [6.07, 6.45) is 1.47. The highest BCUT2D eigenvalue weighted by molar-refractivity contribution is 9.10. The Morgan fingerprint density at radius 1 is 1.57 bits per heavy atom. The maximum absolute atomic E-state index is 12.2. The Labute approximate surface area is 142 Å². The van der Waals surface area contributed by atoms with E-state index in [-0.39, 0.29) is 24.9 Å². The lowest BCUT2D eigenvalue weighted by Crippen LogP contribution is -2.43. The van der Waals surface area contributed by atoms with E-state index in [9.17, 15) is 9.59 Å². The van der Waals surface area contributed by atoms with Crippen LogP contribution in [-0.4, -0.2) is 53.0 Å². The molecule has 1 aliphatic heterocycles. The van der Waals surface area contributed by atoms with E-state index in [1.54, 1.807) is 28.2 Å². The molecule has 1 fully saturated rings. The third-order valence-electron chi connectivity index (χ3n) is 3.43. The topological polar surface area (TPSA) is 60.9 Å². The number of rotatable bonds is 5. The molecule has 1 atom stereocenters. The first-order chi connectivity index (χ1) is 9.47. The minimum atomic E-state index is -0.833. The van der Waals surface area contributed by atoms with E-state index in [2.05, 4.69) is 15.9 Å². The molecule has 1 amide bonds. The molecule has 0 aromatic carbocycles. The number of thiophene rings is 1. The van der Waals surface area contributed by atoms with Gasteiger partial charge in [-0.15, -0.1) is 23.7 Å². The van der Waals surface area contributed by atoms with E-state index >= 15 is 0 Å². The summed E-state index contributed by atoms with van der Waals surface area (Å²) in [4.78, 5) is 27.8. The second-order valence-corrected chi connectivity index (χ2v) is 6.86. The third kappa shape index (κ3) is 4.95. The number of carboxylic acid groups (broad SMARTS) is 1. The zero-order valence-electron chi connectivity index (χ0n) is 11.6. The quantitative estimate of drug-likeness (QED) is 0.829. The van der Waals surface area contributed by atoms with Crippen LogP contribution >= 0.6 is 39.7 Å². The van der Waals surface area contributed by atoms with Gasteiger partial charge in [0.1, 0.15) is 6.04 Å². The smallest absolute Gasteiger partial charge is 0.320 e. The SMILES string of the molecule is CN(Cc1cc(Br)cs1)C(=O)CN1CCC[C@@H]1C(=O)O.Cl. The Kier molecular flexibility index (Phi) is 7.12. The monoisotopic (exact) mass is 396 g/mol. The first-order valence-corrected chi connectivity index (χ1v) is 8.08. The number of likely N-dealkylation sites (tertiary alicyclic amines) is 1. The number of nitrogens with zero attached hydrogens (tertiary/aromatic N) is 2. The van der Waals surface area contributed by atoms with Gasteiger partial charge in [-0.05, 0) is 41.4 Å². The van der Waals surface area contributed by atoms with Crippen LogP contribution in [0.5, 0.6) is 0 Å². The molecule has 2 heterocycles. The zero-order chi connectivity index (χ0) is 14.7. The van der Waals surface area contributed by atoms with Crippen molar-refractivity contribution in [3.8, 4) is 0 Å². The van der Waals surface area contributed by atoms with Crippen LogP contribution in [-0.2, 0) is 16.1 Å². The van der Waals surface area contributed by atoms with Crippen LogP contribution in [0.3, 0.4) is 0 Å². The molecule has 0 saturated carbocycles. The summed E-state index contributed by atoms with van der Waals surface area (Å²) >= 11 is 4.98. The standard InChI is InChI=1S/C13H17BrN2O3S.ClH/c1-15(6-10-5-9(14)8-20-10)12(17)7-16-4-2-3-11(16)13(18)19;/h5,8,11H,2-4,6-7H2,1H3,(H,18,19);1H/t11-;/m1./s1. The number of amides is 1. The van der Waals surface area contributed by atoms with E-state index < -0.39 is 12.0 Å². The van der Waals surface area contributed by atoms with E-state index in [1.807, 2.05) is 11.4 Å². The summed E-state index contributed by atoms with van der Waals surface area (Å²) in [7, 11) is 1.75. The van der Waals surface area contributed by atoms with E-state index in [1.165, 1.54) is 0 Å². The van der Waals surface area contributed by atoms with Gasteiger partial charge < -0.3 is 10.0 Å². The molecule has 0 unspecified atom stereocenters. The van der Waals surface area contributed by atoms with Gasteiger partial charge in [0.05, 0.1) is 13.1 Å². The molecule has 2 rings (SSSR count). The Bertz CT molecular complexity index is 511. The summed E-state index contributed by atoms with van der Waals surface area (Å²) in [6, 6.07) is 1.48. The molecule has 118 valence electrons. The van der Waals surface area contributed by atoms with Crippen molar-refractivity contribution in [1.82, 2.24) is 9.80 Å². The van der Waals surface area contributed by atoms with Crippen LogP contribution in [0, 0.1) is 0 Å². The highest BCUT2D eigenvalue weighted by atomic mass is 79.9. The molecule has 1 N–H and O–H groups in total. The number of aliphatic carboxylic acids is 1. The van der Waals surface area contributed by atoms with Crippen LogP contribution in [0.4, 0.5) is 0 Å². The van der Waals surface area contributed by atoms with Crippen LogP contribution in [0.2, 0.25) is 0 Å². The van der Waals surface area contributed by atoms with Gasteiger partial charge in [-0.2, -0.15) is 0 Å². The van der Waals surface area contributed by atoms with Crippen LogP contribution in [0.1, 0.15) is 17.7 Å². The van der Waals surface area contributed by atoms with Crippen molar-refractivity contribution < 1.29 is 14.7 Å². The molecule has 5 nitrogen and oxygen atoms in total. The van der Waals surface area contributed by atoms with Crippen molar-refractivity contribution in [1.29, 1.82) is 0 Å². The number of hydrogen-bond acceptors (Lipinski definition) is 4. The predicted octanol–water partition coefficient (Wildman–Crippen LogP) is 2.44. The van der Waals surface area contributed by atoms with Gasteiger partial charge in [0.25, 0.3) is 0 Å². The highest BCUT2D eigenvalue weighted by Crippen LogP contribution is 2.21. The molecule has 1 aromatic heterocycles. The minimum Gasteiger partial charge on any atom is -0.480 e. The van der Waals surface area contributed by atoms with Gasteiger partial charge in [-0.1, -0.05) is 0 Å². The van der Waals surface area contributed by atoms with Gasteiger partial charge in [-0.25, -0.2) is 0 Å². The van der Waals surface area contributed by atoms with Crippen LogP contribution < -0.4 is 0 Å². The zero-order valence-corrected chi connectivity index (χ0v) is 14.8. The summed E-state index contributed by atoms with van der Waals surface area (Å²) in [5.74, 6) is -0.872. The fourth-order valence-corrected chi connectivity index (χ4v) is 3.85. The lowest BCUT2D eigenvalue weighted by molar-refractivity contribution is -0.143. The summed E-state index contributed by atoms with van der Waals surface area (Å²) in [5, 5.41) is 11.1. The summed E-state index contributed by atoms with van der Waals surface area (Å²) < 4.78 is 1.02. The van der Waals surface area contributed by atoms with Crippen molar-refractivity contribution in [2.24, 2.45) is 0 Å². The maximum Gasteiger partial charge on any atom is 0.320 e. The Hall–Kier alpha value is -0.630. The molecule has 8 heteroatoms. The Morgan fingerprint density at radius 2 is 2.29 bits per heavy atom. The lowest BCUT2D eigenvalue weighted by Gasteiger charge is -2.24. The second kappa shape index (κ2) is 8.12. The normalized spacial score (nSPS) is 18.3. The molecule has 0 bridgehead atoms. The van der Waals surface area contributed by atoms with Gasteiger partial charge in [-0.3, -0.25) is 14.5 Å². The van der Waals surface area contributed by atoms with Gasteiger partial charge in [0, 0.05) is 21.8 Å². The van der Waals surface area contributed by atoms with E-state index in [4.69, 9.17) is 5.11 Å². The first kappa shape index (κ1) is 18.4. The third-order valence-corrected chi connectivity index (χ3v) is 5.11. The molecular formula is C13H18BrClN2O3S. The average Bonchev–Trinajstić information content (AvgIpc) is 2.98. The maximum atomic E-state index is 12.2. The molecule has 21 heavy (non-hydrogen) atoms. The van der Waals surface area contributed by atoms with E-state index in [0.717, 1.165) is 15.8 Å². The second-order valence-electron chi connectivity index (χ2n) is 4.95. The molecule has 1 aromatic rings. The summed E-state index contributed by atoms with van der Waals surface area (Å²) in [5.41, 5.74) is 0. The van der Waals surface area contributed by atoms with Crippen molar-refractivity contribution >= 4 is 51.6 Å². The minimum absolute atomic E-state index is 0. The molecule has 0 radical (unpaired) electrons. The molecular weight excluding hydrogens is 380 g/mol. The largest absolute Gasteiger partial charge is 0.480 e. The predicted molar refractivity (Wildman–Crippen MR) is 88.0 cm³/mol. The van der Waals surface area contributed by atoms with Gasteiger partial charge in [0.15, 0.2) is 0 Å². The average molecular weight is 398 g/mol. The number of halogens is 2. The molecule has 0 spiro atoms. The van der Waals surface area contributed by atoms with Crippen LogP contribution in [0.25, 0.3) is 0 Å². The summed E-state index contributed by atoms with van der Waals surface area (Å²) in [6.45, 7) is 1.42. The van der Waals surface area contributed by atoms with Crippen molar-refractivity contribution in [2.75, 3.05) is 20.1 Å². The molecule has 1 saturated heterocycles. The fraction of sp³-hybridized carbons (Fsp3) is 0.538. The Morgan fingerprint density at radius 3 is 2.86 bits per heavy atom. The fourth-order valence-electron chi connectivity index (χ4n) is 2.35. The molecule has 0 aliphatic carbocycles. The van der Waals surface area contributed by atoms with Gasteiger partial charge >= 0.3 is 5.97 Å². The first-order valence-electron chi connectivity index (χ1n) is 6.41. The lowest BCUT2D eigenvalue weighted by atomic mass is 10.2. The van der Waals surface area contributed by atoms with E-state index in [0.29, 0.717) is 19.5 Å². The number of carboxylic acids is 1. The molecule has 1 aliphatic rings. The van der Waals surface area contributed by atoms with Gasteiger partial charge in [0.2, 0.25) is 5.91 Å². The number of likely N-dealkylation sites (N-methyl/N-ethyl adjacent to an activating group) is 1. The number of hydrogen-bond donors (Lipinski definition) is 1. The highest BCUT2D eigenvalue weighted by Gasteiger charge is 2.32. The van der Waals surface area contributed by atoms with Crippen molar-refractivity contribution in [2.45, 2.75) is 25.4 Å². The number of carbonyl (C=O) groups is 2. The van der Waals surface area contributed by atoms with Crippen molar-refractivity contribution in [3.63, 3.8) is 0 Å².